The highest BCUT2D eigenvalue weighted by atomic mass is 79.9. The molecule has 0 heterocycles. The largest absolute Gasteiger partial charge is 0.381 e. The number of nitrogens with one attached hydrogen (secondary N) is 1. The number of aryl methyl sites for hydroxylation is 1. The molecule has 118 valence electrons. The zero-order valence-electron chi connectivity index (χ0n) is 12.4. The molecular formula is C14H19Br2NO3S. The number of hydrogen-bond acceptors (Lipinski definition) is 3. The van der Waals surface area contributed by atoms with Crippen molar-refractivity contribution in [2.24, 2.45) is 5.41 Å². The standard InChI is InChI=1S/C14H19Br2NO3S/c1-8-5-10(16)11(6-9(8)15)21(18,19)17-12-7-13(20-4)14(12,2)3/h5-6,12-13,17H,7H2,1-4H3. The van der Waals surface area contributed by atoms with Crippen LogP contribution in [0.5, 0.6) is 0 Å². The summed E-state index contributed by atoms with van der Waals surface area (Å²) in [4.78, 5) is 0.247. The second kappa shape index (κ2) is 5.92. The minimum Gasteiger partial charge on any atom is -0.381 e. The van der Waals surface area contributed by atoms with E-state index in [4.69, 9.17) is 4.74 Å². The van der Waals surface area contributed by atoms with Gasteiger partial charge in [-0.05, 0) is 47.0 Å². The zero-order valence-corrected chi connectivity index (χ0v) is 16.4. The van der Waals surface area contributed by atoms with Gasteiger partial charge in [0, 0.05) is 27.5 Å². The van der Waals surface area contributed by atoms with Crippen molar-refractivity contribution in [3.05, 3.63) is 26.6 Å². The average Bonchev–Trinajstić information content (AvgIpc) is 2.38. The van der Waals surface area contributed by atoms with Gasteiger partial charge in [-0.3, -0.25) is 0 Å². The lowest BCUT2D eigenvalue weighted by molar-refractivity contribution is -0.0908. The molecule has 1 saturated carbocycles. The molecule has 21 heavy (non-hydrogen) atoms. The predicted octanol–water partition coefficient (Wildman–Crippen LogP) is 3.61. The summed E-state index contributed by atoms with van der Waals surface area (Å²) < 4.78 is 34.7. The maximum absolute atomic E-state index is 12.6. The molecule has 0 aromatic heterocycles. The Hall–Kier alpha value is 0.0500. The van der Waals surface area contributed by atoms with E-state index in [1.807, 2.05) is 20.8 Å². The Balaban J connectivity index is 2.27. The molecule has 2 unspecified atom stereocenters. The first kappa shape index (κ1) is 17.4. The number of rotatable bonds is 4. The van der Waals surface area contributed by atoms with E-state index in [-0.39, 0.29) is 22.5 Å². The molecule has 1 N–H and O–H groups in total. The third kappa shape index (κ3) is 3.22. The van der Waals surface area contributed by atoms with Gasteiger partial charge in [0.1, 0.15) is 0 Å². The van der Waals surface area contributed by atoms with Gasteiger partial charge >= 0.3 is 0 Å². The van der Waals surface area contributed by atoms with Crippen LogP contribution in [-0.4, -0.2) is 27.7 Å². The summed E-state index contributed by atoms with van der Waals surface area (Å²) in [7, 11) is -1.92. The lowest BCUT2D eigenvalue weighted by Crippen LogP contribution is -2.61. The number of halogens is 2. The third-order valence-corrected chi connectivity index (χ3v) is 7.55. The van der Waals surface area contributed by atoms with E-state index in [2.05, 4.69) is 36.6 Å². The zero-order chi connectivity index (χ0) is 16.0. The molecule has 0 bridgehead atoms. The van der Waals surface area contributed by atoms with Crippen molar-refractivity contribution in [1.29, 1.82) is 0 Å². The van der Waals surface area contributed by atoms with Crippen molar-refractivity contribution in [2.45, 2.75) is 44.2 Å². The molecule has 0 aliphatic heterocycles. The maximum atomic E-state index is 12.6. The van der Waals surface area contributed by atoms with Gasteiger partial charge in [-0.1, -0.05) is 29.8 Å². The van der Waals surface area contributed by atoms with Gasteiger partial charge in [-0.25, -0.2) is 13.1 Å². The number of benzene rings is 1. The van der Waals surface area contributed by atoms with E-state index in [0.29, 0.717) is 10.9 Å². The fourth-order valence-corrected chi connectivity index (χ4v) is 5.65. The molecule has 1 aromatic rings. The summed E-state index contributed by atoms with van der Waals surface area (Å²) in [6.07, 6.45) is 0.770. The Labute approximate surface area is 143 Å². The summed E-state index contributed by atoms with van der Waals surface area (Å²) in [5.74, 6) is 0. The molecule has 1 aromatic carbocycles. The van der Waals surface area contributed by atoms with Gasteiger partial charge in [0.2, 0.25) is 10.0 Å². The topological polar surface area (TPSA) is 55.4 Å². The van der Waals surface area contributed by atoms with Gasteiger partial charge in [-0.2, -0.15) is 0 Å². The number of hydrogen-bond donors (Lipinski definition) is 1. The van der Waals surface area contributed by atoms with Crippen molar-refractivity contribution in [1.82, 2.24) is 4.72 Å². The van der Waals surface area contributed by atoms with Crippen LogP contribution in [0.25, 0.3) is 0 Å². The Morgan fingerprint density at radius 3 is 2.43 bits per heavy atom. The normalized spacial score (nSPS) is 24.7. The third-order valence-electron chi connectivity index (χ3n) is 4.26. The number of methoxy groups -OCH3 is 1. The van der Waals surface area contributed by atoms with Crippen LogP contribution in [0, 0.1) is 12.3 Å². The van der Waals surface area contributed by atoms with Crippen molar-refractivity contribution >= 4 is 41.9 Å². The Morgan fingerprint density at radius 1 is 1.29 bits per heavy atom. The highest BCUT2D eigenvalue weighted by molar-refractivity contribution is 9.11. The smallest absolute Gasteiger partial charge is 0.242 e. The van der Waals surface area contributed by atoms with Gasteiger partial charge < -0.3 is 4.74 Å². The molecule has 0 amide bonds. The van der Waals surface area contributed by atoms with E-state index in [1.54, 1.807) is 19.2 Å². The Morgan fingerprint density at radius 2 is 1.90 bits per heavy atom. The molecule has 2 rings (SSSR count). The summed E-state index contributed by atoms with van der Waals surface area (Å²) in [6, 6.07) is 3.29. The molecule has 7 heteroatoms. The van der Waals surface area contributed by atoms with E-state index >= 15 is 0 Å². The van der Waals surface area contributed by atoms with Crippen LogP contribution in [0.15, 0.2) is 26.0 Å². The lowest BCUT2D eigenvalue weighted by Gasteiger charge is -2.50. The molecular weight excluding hydrogens is 422 g/mol. The summed E-state index contributed by atoms with van der Waals surface area (Å²) >= 11 is 6.72. The summed E-state index contributed by atoms with van der Waals surface area (Å²) in [5, 5.41) is 0. The molecule has 0 spiro atoms. The van der Waals surface area contributed by atoms with Gasteiger partial charge in [0.05, 0.1) is 11.0 Å². The van der Waals surface area contributed by atoms with Gasteiger partial charge in [0.15, 0.2) is 0 Å². The summed E-state index contributed by atoms with van der Waals surface area (Å²) in [6.45, 7) is 5.94. The minimum atomic E-state index is -3.58. The quantitative estimate of drug-likeness (QED) is 0.777. The first-order chi connectivity index (χ1) is 9.59. The van der Waals surface area contributed by atoms with Crippen LogP contribution in [-0.2, 0) is 14.8 Å². The van der Waals surface area contributed by atoms with E-state index in [9.17, 15) is 8.42 Å². The van der Waals surface area contributed by atoms with Crippen LogP contribution < -0.4 is 4.72 Å². The monoisotopic (exact) mass is 439 g/mol. The second-order valence-corrected chi connectivity index (χ2v) is 9.38. The molecule has 0 radical (unpaired) electrons. The van der Waals surface area contributed by atoms with Crippen LogP contribution >= 0.6 is 31.9 Å². The first-order valence-corrected chi connectivity index (χ1v) is 9.67. The van der Waals surface area contributed by atoms with Crippen molar-refractivity contribution < 1.29 is 13.2 Å². The van der Waals surface area contributed by atoms with Crippen LogP contribution in [0.1, 0.15) is 25.8 Å². The summed E-state index contributed by atoms with van der Waals surface area (Å²) in [5.41, 5.74) is 0.764. The van der Waals surface area contributed by atoms with Crippen molar-refractivity contribution in [3.8, 4) is 0 Å². The predicted molar refractivity (Wildman–Crippen MR) is 89.9 cm³/mol. The highest BCUT2D eigenvalue weighted by Crippen LogP contribution is 2.43. The maximum Gasteiger partial charge on any atom is 0.242 e. The minimum absolute atomic E-state index is 0.0818. The fraction of sp³-hybridized carbons (Fsp3) is 0.571. The molecule has 4 nitrogen and oxygen atoms in total. The highest BCUT2D eigenvalue weighted by Gasteiger charge is 2.50. The molecule has 1 aliphatic rings. The van der Waals surface area contributed by atoms with Crippen LogP contribution in [0.4, 0.5) is 0 Å². The average molecular weight is 441 g/mol. The fourth-order valence-electron chi connectivity index (χ4n) is 2.57. The number of sulfonamides is 1. The van der Waals surface area contributed by atoms with E-state index in [0.717, 1.165) is 10.0 Å². The second-order valence-electron chi connectivity index (χ2n) is 5.99. The van der Waals surface area contributed by atoms with Crippen LogP contribution in [0.2, 0.25) is 0 Å². The SMILES string of the molecule is COC1CC(NS(=O)(=O)c2cc(Br)c(C)cc2Br)C1(C)C. The van der Waals surface area contributed by atoms with Gasteiger partial charge in [0.25, 0.3) is 0 Å². The van der Waals surface area contributed by atoms with E-state index in [1.165, 1.54) is 0 Å². The van der Waals surface area contributed by atoms with Crippen molar-refractivity contribution in [3.63, 3.8) is 0 Å². The first-order valence-electron chi connectivity index (χ1n) is 6.60. The lowest BCUT2D eigenvalue weighted by atomic mass is 9.65. The molecule has 1 aliphatic carbocycles. The van der Waals surface area contributed by atoms with Crippen molar-refractivity contribution in [2.75, 3.05) is 7.11 Å². The molecule has 0 saturated heterocycles. The van der Waals surface area contributed by atoms with Gasteiger partial charge in [-0.15, -0.1) is 0 Å². The number of ether oxygens (including phenoxy) is 1. The van der Waals surface area contributed by atoms with Crippen LogP contribution in [0.3, 0.4) is 0 Å². The van der Waals surface area contributed by atoms with E-state index < -0.39 is 10.0 Å². The molecule has 1 fully saturated rings. The Kier molecular flexibility index (Phi) is 4.91. The molecule has 2 atom stereocenters. The Bertz CT molecular complexity index is 658.